The topological polar surface area (TPSA) is 17.3 Å². The van der Waals surface area contributed by atoms with Crippen LogP contribution in [-0.4, -0.2) is 9.38 Å². The fourth-order valence-corrected chi connectivity index (χ4v) is 1.66. The summed E-state index contributed by atoms with van der Waals surface area (Å²) < 4.78 is 3.10. The molecule has 0 aromatic carbocycles. The van der Waals surface area contributed by atoms with E-state index in [1.807, 2.05) is 10.7 Å². The summed E-state index contributed by atoms with van der Waals surface area (Å²) in [5.41, 5.74) is 2.43. The fourth-order valence-electron chi connectivity index (χ4n) is 1.08. The molecule has 2 heterocycles. The first-order valence-electron chi connectivity index (χ1n) is 3.36. The van der Waals surface area contributed by atoms with Crippen LogP contribution < -0.4 is 0 Å². The first-order valence-corrected chi connectivity index (χ1v) is 4.44. The van der Waals surface area contributed by atoms with Gasteiger partial charge in [-0.2, -0.15) is 0 Å². The lowest BCUT2D eigenvalue weighted by molar-refractivity contribution is 1.13. The van der Waals surface area contributed by atoms with Gasteiger partial charge in [-0.1, -0.05) is 6.07 Å². The Bertz CT molecular complexity index is 392. The number of fused-ring (bicyclic) bond motifs is 1. The van der Waals surface area contributed by atoms with Crippen LogP contribution in [0.5, 0.6) is 0 Å². The van der Waals surface area contributed by atoms with Crippen molar-refractivity contribution in [3.63, 3.8) is 0 Å². The molecule has 11 heavy (non-hydrogen) atoms. The van der Waals surface area contributed by atoms with Gasteiger partial charge in [0, 0.05) is 6.20 Å². The van der Waals surface area contributed by atoms with Crippen LogP contribution in [0.4, 0.5) is 0 Å². The molecule has 3 heteroatoms. The maximum absolute atomic E-state index is 4.19. The molecule has 2 rings (SSSR count). The average molecular weight is 258 g/mol. The summed E-state index contributed by atoms with van der Waals surface area (Å²) >= 11 is 2.23. The third kappa shape index (κ3) is 1.13. The molecule has 2 aromatic rings. The Labute approximate surface area is 78.4 Å². The molecule has 0 aliphatic carbocycles. The van der Waals surface area contributed by atoms with E-state index in [4.69, 9.17) is 0 Å². The summed E-state index contributed by atoms with van der Waals surface area (Å²) in [6.45, 7) is 2.08. The molecule has 0 radical (unpaired) electrons. The lowest BCUT2D eigenvalue weighted by Crippen LogP contribution is -1.82. The predicted molar refractivity (Wildman–Crippen MR) is 52.6 cm³/mol. The SMILES string of the molecule is Cc1ccc2c(I)ncn2c1. The van der Waals surface area contributed by atoms with Crippen LogP contribution in [0.1, 0.15) is 5.56 Å². The van der Waals surface area contributed by atoms with E-state index in [1.54, 1.807) is 0 Å². The molecule has 0 unspecified atom stereocenters. The van der Waals surface area contributed by atoms with Crippen molar-refractivity contribution in [2.75, 3.05) is 0 Å². The van der Waals surface area contributed by atoms with E-state index < -0.39 is 0 Å². The largest absolute Gasteiger partial charge is 0.305 e. The Morgan fingerprint density at radius 2 is 2.27 bits per heavy atom. The summed E-state index contributed by atoms with van der Waals surface area (Å²) in [6, 6.07) is 4.18. The van der Waals surface area contributed by atoms with Crippen LogP contribution in [-0.2, 0) is 0 Å². The Hall–Kier alpha value is -0.580. The molecule has 2 nitrogen and oxygen atoms in total. The molecular formula is C8H7IN2. The highest BCUT2D eigenvalue weighted by molar-refractivity contribution is 14.1. The lowest BCUT2D eigenvalue weighted by atomic mass is 10.3. The van der Waals surface area contributed by atoms with E-state index in [0.717, 1.165) is 3.70 Å². The summed E-state index contributed by atoms with van der Waals surface area (Å²) in [5, 5.41) is 0. The van der Waals surface area contributed by atoms with Gasteiger partial charge in [-0.25, -0.2) is 4.98 Å². The van der Waals surface area contributed by atoms with Gasteiger partial charge in [0.25, 0.3) is 0 Å². The number of pyridine rings is 1. The van der Waals surface area contributed by atoms with Gasteiger partial charge < -0.3 is 4.40 Å². The van der Waals surface area contributed by atoms with Gasteiger partial charge >= 0.3 is 0 Å². The highest BCUT2D eigenvalue weighted by atomic mass is 127. The van der Waals surface area contributed by atoms with Crippen molar-refractivity contribution >= 4 is 28.1 Å². The number of hydrogen-bond donors (Lipinski definition) is 0. The quantitative estimate of drug-likeness (QED) is 0.662. The van der Waals surface area contributed by atoms with Crippen LogP contribution >= 0.6 is 22.6 Å². The number of imidazole rings is 1. The van der Waals surface area contributed by atoms with Crippen LogP contribution in [0.2, 0.25) is 0 Å². The number of aromatic nitrogens is 2. The maximum Gasteiger partial charge on any atom is 0.127 e. The van der Waals surface area contributed by atoms with E-state index in [1.165, 1.54) is 11.1 Å². The zero-order chi connectivity index (χ0) is 7.84. The van der Waals surface area contributed by atoms with Gasteiger partial charge in [0.15, 0.2) is 0 Å². The predicted octanol–water partition coefficient (Wildman–Crippen LogP) is 2.25. The Balaban J connectivity index is 2.86. The minimum atomic E-state index is 1.06. The van der Waals surface area contributed by atoms with Gasteiger partial charge in [-0.15, -0.1) is 0 Å². The first kappa shape index (κ1) is 7.09. The standard InChI is InChI=1S/C8H7IN2/c1-6-2-3-7-8(9)10-5-11(7)4-6/h2-5H,1H3. The normalized spacial score (nSPS) is 10.7. The molecule has 0 spiro atoms. The molecular weight excluding hydrogens is 251 g/mol. The third-order valence-electron chi connectivity index (χ3n) is 1.63. The summed E-state index contributed by atoms with van der Waals surface area (Å²) in [4.78, 5) is 4.19. The zero-order valence-corrected chi connectivity index (χ0v) is 8.24. The third-order valence-corrected chi connectivity index (χ3v) is 2.46. The van der Waals surface area contributed by atoms with Crippen molar-refractivity contribution in [2.24, 2.45) is 0 Å². The van der Waals surface area contributed by atoms with Crippen molar-refractivity contribution in [1.82, 2.24) is 9.38 Å². The zero-order valence-electron chi connectivity index (χ0n) is 6.08. The molecule has 0 atom stereocenters. The van der Waals surface area contributed by atoms with Gasteiger partial charge in [-0.05, 0) is 41.1 Å². The Morgan fingerprint density at radius 3 is 3.09 bits per heavy atom. The summed E-state index contributed by atoms with van der Waals surface area (Å²) in [6.07, 6.45) is 3.91. The first-order chi connectivity index (χ1) is 5.27. The van der Waals surface area contributed by atoms with Gasteiger partial charge in [-0.3, -0.25) is 0 Å². The molecule has 56 valence electrons. The monoisotopic (exact) mass is 258 g/mol. The molecule has 0 aliphatic heterocycles. The van der Waals surface area contributed by atoms with Crippen LogP contribution in [0.15, 0.2) is 24.7 Å². The molecule has 0 aliphatic rings. The minimum Gasteiger partial charge on any atom is -0.305 e. The van der Waals surface area contributed by atoms with Gasteiger partial charge in [0.05, 0.1) is 5.52 Å². The summed E-state index contributed by atoms with van der Waals surface area (Å²) in [7, 11) is 0. The second kappa shape index (κ2) is 2.48. The van der Waals surface area contributed by atoms with E-state index in [0.29, 0.717) is 0 Å². The van der Waals surface area contributed by atoms with Crippen molar-refractivity contribution in [3.8, 4) is 0 Å². The maximum atomic E-state index is 4.19. The van der Waals surface area contributed by atoms with Crippen molar-refractivity contribution in [3.05, 3.63) is 33.9 Å². The van der Waals surface area contributed by atoms with Crippen LogP contribution in [0, 0.1) is 10.6 Å². The van der Waals surface area contributed by atoms with E-state index in [2.05, 4.69) is 52.8 Å². The number of hydrogen-bond acceptors (Lipinski definition) is 1. The molecule has 0 fully saturated rings. The number of nitrogens with zero attached hydrogens (tertiary/aromatic N) is 2. The molecule has 0 amide bonds. The van der Waals surface area contributed by atoms with E-state index in [-0.39, 0.29) is 0 Å². The van der Waals surface area contributed by atoms with E-state index in [9.17, 15) is 0 Å². The molecule has 2 aromatic heterocycles. The van der Waals surface area contributed by atoms with Crippen LogP contribution in [0.25, 0.3) is 5.52 Å². The Morgan fingerprint density at radius 1 is 1.45 bits per heavy atom. The van der Waals surface area contributed by atoms with Crippen molar-refractivity contribution < 1.29 is 0 Å². The second-order valence-corrected chi connectivity index (χ2v) is 3.56. The number of rotatable bonds is 0. The summed E-state index contributed by atoms with van der Waals surface area (Å²) in [5.74, 6) is 0. The van der Waals surface area contributed by atoms with Crippen LogP contribution in [0.3, 0.4) is 0 Å². The highest BCUT2D eigenvalue weighted by Crippen LogP contribution is 2.12. The smallest absolute Gasteiger partial charge is 0.127 e. The Kier molecular flexibility index (Phi) is 1.60. The lowest BCUT2D eigenvalue weighted by Gasteiger charge is -1.94. The second-order valence-electron chi connectivity index (χ2n) is 2.53. The van der Waals surface area contributed by atoms with Crippen molar-refractivity contribution in [2.45, 2.75) is 6.92 Å². The molecule has 0 bridgehead atoms. The highest BCUT2D eigenvalue weighted by Gasteiger charge is 1.98. The minimum absolute atomic E-state index is 1.06. The van der Waals surface area contributed by atoms with E-state index >= 15 is 0 Å². The van der Waals surface area contributed by atoms with Gasteiger partial charge in [0.1, 0.15) is 10.0 Å². The van der Waals surface area contributed by atoms with Crippen molar-refractivity contribution in [1.29, 1.82) is 0 Å². The van der Waals surface area contributed by atoms with Gasteiger partial charge in [0.2, 0.25) is 0 Å². The number of aryl methyl sites for hydroxylation is 1. The molecule has 0 saturated carbocycles. The fraction of sp³-hybridized carbons (Fsp3) is 0.125. The molecule has 0 saturated heterocycles. The molecule has 0 N–H and O–H groups in total. The number of halogens is 1. The average Bonchev–Trinajstić information content (AvgIpc) is 2.32.